The summed E-state index contributed by atoms with van der Waals surface area (Å²) < 4.78 is 0. The molecule has 0 aliphatic carbocycles. The molecule has 0 saturated heterocycles. The van der Waals surface area contributed by atoms with Crippen molar-refractivity contribution in [3.63, 3.8) is 0 Å². The van der Waals surface area contributed by atoms with Crippen LogP contribution in [0.2, 0.25) is 0 Å². The summed E-state index contributed by atoms with van der Waals surface area (Å²) in [5.41, 5.74) is 1.52. The molecule has 0 unspecified atom stereocenters. The van der Waals surface area contributed by atoms with E-state index in [-0.39, 0.29) is 11.8 Å². The van der Waals surface area contributed by atoms with Gasteiger partial charge in [-0.15, -0.1) is 0 Å². The lowest BCUT2D eigenvalue weighted by atomic mass is 10.1. The SMILES string of the molecule is CC(=O)NCc1ccc(C(=O)NCc2ncc[nH]2)cc1. The minimum atomic E-state index is -0.160. The van der Waals surface area contributed by atoms with Gasteiger partial charge >= 0.3 is 0 Å². The van der Waals surface area contributed by atoms with E-state index in [2.05, 4.69) is 20.6 Å². The average Bonchev–Trinajstić information content (AvgIpc) is 2.96. The van der Waals surface area contributed by atoms with Crippen LogP contribution in [0.15, 0.2) is 36.7 Å². The molecule has 3 N–H and O–H groups in total. The number of aromatic nitrogens is 2. The monoisotopic (exact) mass is 272 g/mol. The summed E-state index contributed by atoms with van der Waals surface area (Å²) in [5, 5.41) is 5.47. The van der Waals surface area contributed by atoms with E-state index in [0.717, 1.165) is 5.56 Å². The Balaban J connectivity index is 1.88. The lowest BCUT2D eigenvalue weighted by Gasteiger charge is -2.05. The third-order valence-electron chi connectivity index (χ3n) is 2.73. The van der Waals surface area contributed by atoms with Crippen molar-refractivity contribution in [1.29, 1.82) is 0 Å². The largest absolute Gasteiger partial charge is 0.352 e. The van der Waals surface area contributed by atoms with Crippen molar-refractivity contribution in [2.24, 2.45) is 0 Å². The average molecular weight is 272 g/mol. The molecule has 1 heterocycles. The highest BCUT2D eigenvalue weighted by molar-refractivity contribution is 5.94. The minimum Gasteiger partial charge on any atom is -0.352 e. The summed E-state index contributed by atoms with van der Waals surface area (Å²) >= 11 is 0. The molecule has 2 aromatic rings. The zero-order valence-electron chi connectivity index (χ0n) is 11.1. The first kappa shape index (κ1) is 13.8. The Kier molecular flexibility index (Phi) is 4.49. The van der Waals surface area contributed by atoms with Crippen molar-refractivity contribution in [3.8, 4) is 0 Å². The highest BCUT2D eigenvalue weighted by Gasteiger charge is 2.06. The van der Waals surface area contributed by atoms with E-state index < -0.39 is 0 Å². The smallest absolute Gasteiger partial charge is 0.251 e. The van der Waals surface area contributed by atoms with Crippen LogP contribution in [0, 0.1) is 0 Å². The lowest BCUT2D eigenvalue weighted by molar-refractivity contribution is -0.119. The summed E-state index contributed by atoms with van der Waals surface area (Å²) in [6.07, 6.45) is 3.34. The Morgan fingerprint density at radius 2 is 1.90 bits per heavy atom. The first-order chi connectivity index (χ1) is 9.65. The van der Waals surface area contributed by atoms with E-state index in [0.29, 0.717) is 24.5 Å². The Bertz CT molecular complexity index is 576. The number of H-pyrrole nitrogens is 1. The van der Waals surface area contributed by atoms with E-state index in [1.807, 2.05) is 12.1 Å². The fourth-order valence-corrected chi connectivity index (χ4v) is 1.66. The number of nitrogens with one attached hydrogen (secondary N) is 3. The van der Waals surface area contributed by atoms with E-state index in [9.17, 15) is 9.59 Å². The Hall–Kier alpha value is -2.63. The van der Waals surface area contributed by atoms with Crippen molar-refractivity contribution < 1.29 is 9.59 Å². The lowest BCUT2D eigenvalue weighted by Crippen LogP contribution is -2.23. The summed E-state index contributed by atoms with van der Waals surface area (Å²) in [6.45, 7) is 2.29. The quantitative estimate of drug-likeness (QED) is 0.758. The highest BCUT2D eigenvalue weighted by Crippen LogP contribution is 2.04. The number of imidazole rings is 1. The first-order valence-electron chi connectivity index (χ1n) is 6.25. The Labute approximate surface area is 116 Å². The first-order valence-corrected chi connectivity index (χ1v) is 6.25. The summed E-state index contributed by atoms with van der Waals surface area (Å²) in [5.74, 6) is 0.471. The molecule has 2 amide bonds. The second kappa shape index (κ2) is 6.51. The van der Waals surface area contributed by atoms with Gasteiger partial charge in [0.05, 0.1) is 6.54 Å². The number of hydrogen-bond acceptors (Lipinski definition) is 3. The molecule has 1 aromatic heterocycles. The zero-order valence-corrected chi connectivity index (χ0v) is 11.1. The number of aromatic amines is 1. The zero-order chi connectivity index (χ0) is 14.4. The predicted octanol–water partition coefficient (Wildman–Crippen LogP) is 0.976. The number of nitrogens with zero attached hydrogens (tertiary/aromatic N) is 1. The molecule has 0 radical (unpaired) electrons. The molecule has 0 aliphatic rings. The molecular weight excluding hydrogens is 256 g/mol. The fraction of sp³-hybridized carbons (Fsp3) is 0.214. The molecule has 0 aliphatic heterocycles. The van der Waals surface area contributed by atoms with Crippen LogP contribution in [0.25, 0.3) is 0 Å². The van der Waals surface area contributed by atoms with Crippen molar-refractivity contribution in [1.82, 2.24) is 20.6 Å². The molecular formula is C14H16N4O2. The van der Waals surface area contributed by atoms with Gasteiger partial charge in [0.2, 0.25) is 5.91 Å². The number of carbonyl (C=O) groups excluding carboxylic acids is 2. The van der Waals surface area contributed by atoms with Crippen LogP contribution in [0.4, 0.5) is 0 Å². The molecule has 0 bridgehead atoms. The van der Waals surface area contributed by atoms with Crippen molar-refractivity contribution in [2.75, 3.05) is 0 Å². The van der Waals surface area contributed by atoms with Gasteiger partial charge in [0.1, 0.15) is 5.82 Å². The second-order valence-electron chi connectivity index (χ2n) is 4.33. The van der Waals surface area contributed by atoms with E-state index >= 15 is 0 Å². The van der Waals surface area contributed by atoms with E-state index in [4.69, 9.17) is 0 Å². The number of amides is 2. The fourth-order valence-electron chi connectivity index (χ4n) is 1.66. The molecule has 0 atom stereocenters. The van der Waals surface area contributed by atoms with Gasteiger partial charge in [-0.1, -0.05) is 12.1 Å². The maximum atomic E-state index is 11.9. The summed E-state index contributed by atoms with van der Waals surface area (Å²) in [6, 6.07) is 7.10. The topological polar surface area (TPSA) is 86.9 Å². The van der Waals surface area contributed by atoms with E-state index in [1.165, 1.54) is 6.92 Å². The Morgan fingerprint density at radius 1 is 1.15 bits per heavy atom. The molecule has 2 rings (SSSR count). The van der Waals surface area contributed by atoms with Gasteiger partial charge in [0.25, 0.3) is 5.91 Å². The third-order valence-corrected chi connectivity index (χ3v) is 2.73. The van der Waals surface area contributed by atoms with Crippen molar-refractivity contribution in [3.05, 3.63) is 53.6 Å². The van der Waals surface area contributed by atoms with E-state index in [1.54, 1.807) is 24.5 Å². The molecule has 6 heteroatoms. The van der Waals surface area contributed by atoms with Crippen LogP contribution in [-0.4, -0.2) is 21.8 Å². The van der Waals surface area contributed by atoms with Gasteiger partial charge in [-0.3, -0.25) is 9.59 Å². The molecule has 20 heavy (non-hydrogen) atoms. The van der Waals surface area contributed by atoms with Gasteiger partial charge in [-0.2, -0.15) is 0 Å². The maximum Gasteiger partial charge on any atom is 0.251 e. The van der Waals surface area contributed by atoms with Crippen LogP contribution in [0.1, 0.15) is 28.7 Å². The molecule has 1 aromatic carbocycles. The Morgan fingerprint density at radius 3 is 2.50 bits per heavy atom. The maximum absolute atomic E-state index is 11.9. The van der Waals surface area contributed by atoms with Crippen LogP contribution < -0.4 is 10.6 Å². The van der Waals surface area contributed by atoms with Crippen LogP contribution in [-0.2, 0) is 17.9 Å². The number of benzene rings is 1. The molecule has 104 valence electrons. The number of carbonyl (C=O) groups is 2. The molecule has 0 fully saturated rings. The van der Waals surface area contributed by atoms with Gasteiger partial charge in [0.15, 0.2) is 0 Å². The highest BCUT2D eigenvalue weighted by atomic mass is 16.2. The summed E-state index contributed by atoms with van der Waals surface area (Å²) in [7, 11) is 0. The third kappa shape index (κ3) is 3.94. The predicted molar refractivity (Wildman–Crippen MR) is 73.7 cm³/mol. The molecule has 6 nitrogen and oxygen atoms in total. The van der Waals surface area contributed by atoms with Crippen molar-refractivity contribution in [2.45, 2.75) is 20.0 Å². The van der Waals surface area contributed by atoms with Gasteiger partial charge in [0, 0.05) is 31.4 Å². The normalized spacial score (nSPS) is 10.1. The second-order valence-corrected chi connectivity index (χ2v) is 4.33. The molecule has 0 spiro atoms. The van der Waals surface area contributed by atoms with Gasteiger partial charge < -0.3 is 15.6 Å². The van der Waals surface area contributed by atoms with Crippen LogP contribution >= 0.6 is 0 Å². The van der Waals surface area contributed by atoms with Gasteiger partial charge in [-0.05, 0) is 17.7 Å². The minimum absolute atomic E-state index is 0.0785. The summed E-state index contributed by atoms with van der Waals surface area (Å²) in [4.78, 5) is 29.6. The van der Waals surface area contributed by atoms with Gasteiger partial charge in [-0.25, -0.2) is 4.98 Å². The van der Waals surface area contributed by atoms with Crippen LogP contribution in [0.3, 0.4) is 0 Å². The van der Waals surface area contributed by atoms with Crippen LogP contribution in [0.5, 0.6) is 0 Å². The number of rotatable bonds is 5. The standard InChI is InChI=1S/C14H16N4O2/c1-10(19)17-8-11-2-4-12(5-3-11)14(20)18-9-13-15-6-7-16-13/h2-7H,8-9H2,1H3,(H,15,16)(H,17,19)(H,18,20). The number of hydrogen-bond donors (Lipinski definition) is 3. The molecule has 0 saturated carbocycles. The van der Waals surface area contributed by atoms with Crippen molar-refractivity contribution >= 4 is 11.8 Å².